The first-order valence-corrected chi connectivity index (χ1v) is 9.60. The number of Topliss-reactive ketones (excluding diaryl/α,β-unsaturated/α-hetero) is 1. The molecule has 4 rings (SSSR count). The van der Waals surface area contributed by atoms with Gasteiger partial charge in [-0.15, -0.1) is 0 Å². The molecule has 3 aromatic carbocycles. The maximum Gasteiger partial charge on any atom is 0.251 e. The smallest absolute Gasteiger partial charge is 0.251 e. The van der Waals surface area contributed by atoms with Crippen molar-refractivity contribution in [1.29, 1.82) is 0 Å². The van der Waals surface area contributed by atoms with Crippen LogP contribution in [0.25, 0.3) is 11.1 Å². The summed E-state index contributed by atoms with van der Waals surface area (Å²) in [4.78, 5) is 29.2. The van der Waals surface area contributed by atoms with E-state index in [4.69, 9.17) is 4.42 Å². The van der Waals surface area contributed by atoms with Gasteiger partial charge in [-0.2, -0.15) is 0 Å². The Morgan fingerprint density at radius 2 is 1.73 bits per heavy atom. The first kappa shape index (κ1) is 19.4. The lowest BCUT2D eigenvalue weighted by atomic mass is 10.0. The first-order valence-electron chi connectivity index (χ1n) is 9.60. The SMILES string of the molecule is CC(=O)c1cccc(NC(=O)[C@@H](Nc2ccc3oc(C)nc3c2)c2ccccc2)c1. The van der Waals surface area contributed by atoms with Crippen LogP contribution in [-0.2, 0) is 4.79 Å². The van der Waals surface area contributed by atoms with Gasteiger partial charge in [-0.3, -0.25) is 9.59 Å². The number of nitrogens with zero attached hydrogens (tertiary/aromatic N) is 1. The fraction of sp³-hybridized carbons (Fsp3) is 0.125. The number of carbonyl (C=O) groups is 2. The van der Waals surface area contributed by atoms with E-state index in [-0.39, 0.29) is 11.7 Å². The molecule has 0 unspecified atom stereocenters. The van der Waals surface area contributed by atoms with E-state index < -0.39 is 6.04 Å². The van der Waals surface area contributed by atoms with E-state index in [1.54, 1.807) is 31.2 Å². The summed E-state index contributed by atoms with van der Waals surface area (Å²) in [5.41, 5.74) is 4.09. The molecule has 0 fully saturated rings. The van der Waals surface area contributed by atoms with E-state index in [1.807, 2.05) is 48.5 Å². The number of aromatic nitrogens is 1. The van der Waals surface area contributed by atoms with Crippen LogP contribution in [0.3, 0.4) is 0 Å². The summed E-state index contributed by atoms with van der Waals surface area (Å²) in [7, 11) is 0. The molecule has 0 spiro atoms. The van der Waals surface area contributed by atoms with Gasteiger partial charge in [-0.05, 0) is 42.8 Å². The van der Waals surface area contributed by atoms with Crippen molar-refractivity contribution in [3.05, 3.63) is 89.8 Å². The molecule has 0 aliphatic rings. The highest BCUT2D eigenvalue weighted by molar-refractivity contribution is 6.00. The number of anilines is 2. The molecule has 6 nitrogen and oxygen atoms in total. The third-order valence-electron chi connectivity index (χ3n) is 4.74. The Labute approximate surface area is 173 Å². The number of hydrogen-bond acceptors (Lipinski definition) is 5. The molecule has 2 N–H and O–H groups in total. The number of aryl methyl sites for hydroxylation is 1. The van der Waals surface area contributed by atoms with Crippen LogP contribution < -0.4 is 10.6 Å². The van der Waals surface area contributed by atoms with E-state index in [9.17, 15) is 9.59 Å². The molecule has 1 atom stereocenters. The van der Waals surface area contributed by atoms with Gasteiger partial charge in [0.2, 0.25) is 0 Å². The minimum atomic E-state index is -0.641. The van der Waals surface area contributed by atoms with Gasteiger partial charge >= 0.3 is 0 Å². The summed E-state index contributed by atoms with van der Waals surface area (Å²) in [6, 6.07) is 21.3. The molecule has 6 heteroatoms. The van der Waals surface area contributed by atoms with Crippen molar-refractivity contribution in [1.82, 2.24) is 4.98 Å². The largest absolute Gasteiger partial charge is 0.441 e. The van der Waals surface area contributed by atoms with Crippen molar-refractivity contribution in [3.8, 4) is 0 Å². The quantitative estimate of drug-likeness (QED) is 0.439. The number of benzene rings is 3. The number of nitrogens with one attached hydrogen (secondary N) is 2. The van der Waals surface area contributed by atoms with Gasteiger partial charge in [0.1, 0.15) is 11.6 Å². The zero-order chi connectivity index (χ0) is 21.1. The molecule has 1 amide bonds. The number of hydrogen-bond donors (Lipinski definition) is 2. The fourth-order valence-electron chi connectivity index (χ4n) is 3.28. The number of ketones is 1. The average Bonchev–Trinajstić information content (AvgIpc) is 3.12. The first-order chi connectivity index (χ1) is 14.5. The number of oxazole rings is 1. The monoisotopic (exact) mass is 399 g/mol. The van der Waals surface area contributed by atoms with Gasteiger partial charge in [0.15, 0.2) is 17.3 Å². The maximum atomic E-state index is 13.2. The van der Waals surface area contributed by atoms with Crippen LogP contribution in [0.15, 0.2) is 77.2 Å². The second kappa shape index (κ2) is 8.21. The van der Waals surface area contributed by atoms with E-state index in [2.05, 4.69) is 15.6 Å². The number of carbonyl (C=O) groups excluding carboxylic acids is 2. The Balaban J connectivity index is 1.63. The predicted molar refractivity (Wildman–Crippen MR) is 117 cm³/mol. The van der Waals surface area contributed by atoms with Crippen LogP contribution >= 0.6 is 0 Å². The summed E-state index contributed by atoms with van der Waals surface area (Å²) in [5, 5.41) is 6.20. The van der Waals surface area contributed by atoms with E-state index in [0.29, 0.717) is 22.7 Å². The Morgan fingerprint density at radius 1 is 0.933 bits per heavy atom. The van der Waals surface area contributed by atoms with Crippen molar-refractivity contribution < 1.29 is 14.0 Å². The molecule has 30 heavy (non-hydrogen) atoms. The highest BCUT2D eigenvalue weighted by Gasteiger charge is 2.21. The van der Waals surface area contributed by atoms with Gasteiger partial charge in [0.05, 0.1) is 0 Å². The zero-order valence-electron chi connectivity index (χ0n) is 16.7. The van der Waals surface area contributed by atoms with Gasteiger partial charge in [-0.25, -0.2) is 4.98 Å². The molecule has 1 heterocycles. The van der Waals surface area contributed by atoms with Crippen molar-refractivity contribution in [3.63, 3.8) is 0 Å². The van der Waals surface area contributed by atoms with Gasteiger partial charge in [-0.1, -0.05) is 42.5 Å². The molecule has 0 saturated carbocycles. The molecule has 0 bridgehead atoms. The Bertz CT molecular complexity index is 1210. The predicted octanol–water partition coefficient (Wildman–Crippen LogP) is 5.13. The Hall–Kier alpha value is -3.93. The normalized spacial score (nSPS) is 11.8. The molecule has 150 valence electrons. The second-order valence-electron chi connectivity index (χ2n) is 7.03. The van der Waals surface area contributed by atoms with Crippen molar-refractivity contribution >= 4 is 34.2 Å². The van der Waals surface area contributed by atoms with Gasteiger partial charge in [0, 0.05) is 23.9 Å². The number of rotatable bonds is 6. The topological polar surface area (TPSA) is 84.2 Å². The fourth-order valence-corrected chi connectivity index (χ4v) is 3.28. The minimum Gasteiger partial charge on any atom is -0.441 e. The summed E-state index contributed by atoms with van der Waals surface area (Å²) in [6.07, 6.45) is 0. The molecule has 1 aromatic heterocycles. The van der Waals surface area contributed by atoms with Crippen LogP contribution in [0.2, 0.25) is 0 Å². The zero-order valence-corrected chi connectivity index (χ0v) is 16.7. The standard InChI is InChI=1S/C24H21N3O3/c1-15(28)18-9-6-10-19(13-18)27-24(29)23(17-7-4-3-5-8-17)26-20-11-12-22-21(14-20)25-16(2)30-22/h3-14,23,26H,1-2H3,(H,27,29)/t23-/m0/s1. The van der Waals surface area contributed by atoms with E-state index in [0.717, 1.165) is 16.8 Å². The number of fused-ring (bicyclic) bond motifs is 1. The second-order valence-corrected chi connectivity index (χ2v) is 7.03. The van der Waals surface area contributed by atoms with Gasteiger partial charge < -0.3 is 15.1 Å². The summed E-state index contributed by atoms with van der Waals surface area (Å²) in [5.74, 6) is 0.295. The lowest BCUT2D eigenvalue weighted by Crippen LogP contribution is -2.27. The number of amides is 1. The highest BCUT2D eigenvalue weighted by atomic mass is 16.3. The van der Waals surface area contributed by atoms with Crippen LogP contribution in [-0.4, -0.2) is 16.7 Å². The van der Waals surface area contributed by atoms with Crippen molar-refractivity contribution in [2.24, 2.45) is 0 Å². The van der Waals surface area contributed by atoms with Crippen molar-refractivity contribution in [2.75, 3.05) is 10.6 Å². The average molecular weight is 399 g/mol. The molecule has 0 aliphatic heterocycles. The maximum absolute atomic E-state index is 13.2. The third-order valence-corrected chi connectivity index (χ3v) is 4.74. The van der Waals surface area contributed by atoms with E-state index >= 15 is 0 Å². The van der Waals surface area contributed by atoms with Crippen LogP contribution in [0.5, 0.6) is 0 Å². The third kappa shape index (κ3) is 4.22. The van der Waals surface area contributed by atoms with Gasteiger partial charge in [0.25, 0.3) is 5.91 Å². The summed E-state index contributed by atoms with van der Waals surface area (Å²) < 4.78 is 5.52. The lowest BCUT2D eigenvalue weighted by Gasteiger charge is -2.20. The van der Waals surface area contributed by atoms with Crippen LogP contribution in [0, 0.1) is 6.92 Å². The Kier molecular flexibility index (Phi) is 5.30. The molecule has 0 saturated heterocycles. The minimum absolute atomic E-state index is 0.0555. The van der Waals surface area contributed by atoms with Crippen LogP contribution in [0.4, 0.5) is 11.4 Å². The Morgan fingerprint density at radius 3 is 2.50 bits per heavy atom. The molecular formula is C24H21N3O3. The molecular weight excluding hydrogens is 378 g/mol. The molecule has 0 radical (unpaired) electrons. The highest BCUT2D eigenvalue weighted by Crippen LogP contribution is 2.25. The lowest BCUT2D eigenvalue weighted by molar-refractivity contribution is -0.117. The summed E-state index contributed by atoms with van der Waals surface area (Å²) >= 11 is 0. The molecule has 0 aliphatic carbocycles. The summed E-state index contributed by atoms with van der Waals surface area (Å²) in [6.45, 7) is 3.29. The van der Waals surface area contributed by atoms with Crippen LogP contribution in [0.1, 0.15) is 34.8 Å². The van der Waals surface area contributed by atoms with Crippen molar-refractivity contribution in [2.45, 2.75) is 19.9 Å². The van der Waals surface area contributed by atoms with E-state index in [1.165, 1.54) is 6.92 Å². The molecule has 4 aromatic rings.